The first kappa shape index (κ1) is 21.0. The number of carboxylic acid groups (broad SMARTS) is 1. The number of aromatic nitrogens is 1. The average molecular weight is 378 g/mol. The summed E-state index contributed by atoms with van der Waals surface area (Å²) >= 11 is 0. The van der Waals surface area contributed by atoms with Crippen LogP contribution in [0.1, 0.15) is 48.2 Å². The van der Waals surface area contributed by atoms with Crippen LogP contribution in [0.4, 0.5) is 0 Å². The summed E-state index contributed by atoms with van der Waals surface area (Å²) < 4.78 is 1.72. The lowest BCUT2D eigenvalue weighted by Gasteiger charge is -2.21. The Balaban J connectivity index is 1.97. The van der Waals surface area contributed by atoms with Crippen molar-refractivity contribution in [3.8, 4) is 0 Å². The summed E-state index contributed by atoms with van der Waals surface area (Å²) in [6.07, 6.45) is 5.18. The number of carbonyl (C=O) groups excluding carboxylic acids is 2. The third-order valence-corrected chi connectivity index (χ3v) is 5.21. The highest BCUT2D eigenvalue weighted by molar-refractivity contribution is 5.96. The minimum absolute atomic E-state index is 0.0622. The highest BCUT2D eigenvalue weighted by Crippen LogP contribution is 2.31. The fourth-order valence-electron chi connectivity index (χ4n) is 3.74. The van der Waals surface area contributed by atoms with Crippen LogP contribution in [0.25, 0.3) is 0 Å². The lowest BCUT2D eigenvalue weighted by molar-refractivity contribution is -0.143. The molecule has 8 heteroatoms. The van der Waals surface area contributed by atoms with E-state index < -0.39 is 17.9 Å². The fraction of sp³-hybridized carbons (Fsp3) is 0.632. The van der Waals surface area contributed by atoms with Gasteiger partial charge < -0.3 is 26.0 Å². The smallest absolute Gasteiger partial charge is 0.306 e. The molecule has 0 aliphatic heterocycles. The van der Waals surface area contributed by atoms with Gasteiger partial charge in [0, 0.05) is 19.8 Å². The molecule has 1 saturated carbocycles. The van der Waals surface area contributed by atoms with Gasteiger partial charge in [-0.05, 0) is 56.7 Å². The van der Waals surface area contributed by atoms with Crippen molar-refractivity contribution < 1.29 is 19.5 Å². The van der Waals surface area contributed by atoms with Gasteiger partial charge in [-0.3, -0.25) is 14.4 Å². The van der Waals surface area contributed by atoms with Crippen molar-refractivity contribution in [2.24, 2.45) is 24.6 Å². The molecule has 1 aliphatic carbocycles. The van der Waals surface area contributed by atoms with Crippen LogP contribution >= 0.6 is 0 Å². The molecule has 2 rings (SSSR count). The quantitative estimate of drug-likeness (QED) is 0.505. The van der Waals surface area contributed by atoms with Gasteiger partial charge in [0.15, 0.2) is 0 Å². The molecule has 1 aliphatic rings. The van der Waals surface area contributed by atoms with E-state index in [1.165, 1.54) is 0 Å². The minimum atomic E-state index is -0.807. The maximum atomic E-state index is 12.6. The average Bonchev–Trinajstić information content (AvgIpc) is 3.22. The summed E-state index contributed by atoms with van der Waals surface area (Å²) in [4.78, 5) is 36.4. The Kier molecular flexibility index (Phi) is 7.41. The lowest BCUT2D eigenvalue weighted by atomic mass is 9.96. The monoisotopic (exact) mass is 378 g/mol. The number of aliphatic carboxylic acids is 1. The van der Waals surface area contributed by atoms with E-state index in [0.717, 1.165) is 18.4 Å². The summed E-state index contributed by atoms with van der Waals surface area (Å²) in [5, 5.41) is 14.9. The third kappa shape index (κ3) is 5.56. The molecule has 0 saturated heterocycles. The second-order valence-electron chi connectivity index (χ2n) is 7.35. The standard InChI is InChI=1S/C19H30N4O4/c1-12-9-16(23(2)11-12)18(25)22-15(7-4-8-20)17(24)21-10-13-5-3-6-14(13)19(26)27/h9,11,13-15H,3-8,10,20H2,1-2H3,(H,21,24)(H,22,25)(H,26,27)/t13-,14-,15+/m1/s1. The van der Waals surface area contributed by atoms with Gasteiger partial charge in [0.25, 0.3) is 5.91 Å². The van der Waals surface area contributed by atoms with Crippen LogP contribution in [-0.4, -0.2) is 46.6 Å². The Morgan fingerprint density at radius 3 is 2.70 bits per heavy atom. The summed E-state index contributed by atoms with van der Waals surface area (Å²) in [5.74, 6) is -1.88. The first-order valence-electron chi connectivity index (χ1n) is 9.48. The summed E-state index contributed by atoms with van der Waals surface area (Å²) in [6, 6.07) is 1.07. The van der Waals surface area contributed by atoms with Crippen molar-refractivity contribution in [1.29, 1.82) is 0 Å². The molecule has 2 amide bonds. The molecular formula is C19H30N4O4. The van der Waals surface area contributed by atoms with E-state index in [9.17, 15) is 19.5 Å². The Labute approximate surface area is 159 Å². The van der Waals surface area contributed by atoms with E-state index in [2.05, 4.69) is 10.6 Å². The Hall–Kier alpha value is -2.35. The zero-order valence-electron chi connectivity index (χ0n) is 16.0. The number of hydrogen-bond acceptors (Lipinski definition) is 4. The van der Waals surface area contributed by atoms with Crippen LogP contribution in [-0.2, 0) is 16.6 Å². The first-order chi connectivity index (χ1) is 12.8. The minimum Gasteiger partial charge on any atom is -0.481 e. The van der Waals surface area contributed by atoms with Gasteiger partial charge in [-0.25, -0.2) is 0 Å². The van der Waals surface area contributed by atoms with E-state index >= 15 is 0 Å². The second-order valence-corrected chi connectivity index (χ2v) is 7.35. The van der Waals surface area contributed by atoms with Crippen LogP contribution in [0.3, 0.4) is 0 Å². The number of amides is 2. The van der Waals surface area contributed by atoms with Crippen molar-refractivity contribution in [2.75, 3.05) is 13.1 Å². The van der Waals surface area contributed by atoms with Crippen LogP contribution in [0, 0.1) is 18.8 Å². The molecule has 8 nitrogen and oxygen atoms in total. The van der Waals surface area contributed by atoms with Gasteiger partial charge in [-0.1, -0.05) is 6.42 Å². The molecule has 5 N–H and O–H groups in total. The molecular weight excluding hydrogens is 348 g/mol. The van der Waals surface area contributed by atoms with Gasteiger partial charge >= 0.3 is 5.97 Å². The van der Waals surface area contributed by atoms with Crippen molar-refractivity contribution in [3.05, 3.63) is 23.5 Å². The SMILES string of the molecule is Cc1cc(C(=O)N[C@@H](CCCN)C(=O)NC[C@H]2CCC[C@H]2C(=O)O)n(C)c1. The normalized spacial score (nSPS) is 20.3. The van der Waals surface area contributed by atoms with Gasteiger partial charge in [0.1, 0.15) is 11.7 Å². The Morgan fingerprint density at radius 1 is 1.37 bits per heavy atom. The first-order valence-corrected chi connectivity index (χ1v) is 9.48. The molecule has 0 radical (unpaired) electrons. The van der Waals surface area contributed by atoms with E-state index in [-0.39, 0.29) is 17.7 Å². The molecule has 0 aromatic carbocycles. The number of carboxylic acids is 1. The zero-order chi connectivity index (χ0) is 20.0. The van der Waals surface area contributed by atoms with E-state index in [1.54, 1.807) is 17.7 Å². The second kappa shape index (κ2) is 9.55. The Morgan fingerprint density at radius 2 is 2.11 bits per heavy atom. The largest absolute Gasteiger partial charge is 0.481 e. The van der Waals surface area contributed by atoms with Crippen LogP contribution < -0.4 is 16.4 Å². The molecule has 150 valence electrons. The third-order valence-electron chi connectivity index (χ3n) is 5.21. The van der Waals surface area contributed by atoms with Gasteiger partial charge in [0.2, 0.25) is 5.91 Å². The summed E-state index contributed by atoms with van der Waals surface area (Å²) in [6.45, 7) is 2.64. The molecule has 0 unspecified atom stereocenters. The van der Waals surface area contributed by atoms with E-state index in [1.807, 2.05) is 13.1 Å². The summed E-state index contributed by atoms with van der Waals surface area (Å²) in [7, 11) is 1.78. The molecule has 0 bridgehead atoms. The number of hydrogen-bond donors (Lipinski definition) is 4. The predicted molar refractivity (Wildman–Crippen MR) is 101 cm³/mol. The highest BCUT2D eigenvalue weighted by atomic mass is 16.4. The van der Waals surface area contributed by atoms with Gasteiger partial charge in [-0.15, -0.1) is 0 Å². The molecule has 0 spiro atoms. The van der Waals surface area contributed by atoms with Crippen molar-refractivity contribution in [3.63, 3.8) is 0 Å². The van der Waals surface area contributed by atoms with E-state index in [0.29, 0.717) is 38.0 Å². The van der Waals surface area contributed by atoms with Gasteiger partial charge in [-0.2, -0.15) is 0 Å². The number of nitrogens with two attached hydrogens (primary N) is 1. The van der Waals surface area contributed by atoms with Gasteiger partial charge in [0.05, 0.1) is 5.92 Å². The van der Waals surface area contributed by atoms with Crippen molar-refractivity contribution in [1.82, 2.24) is 15.2 Å². The lowest BCUT2D eigenvalue weighted by Crippen LogP contribution is -2.48. The maximum absolute atomic E-state index is 12.6. The summed E-state index contributed by atoms with van der Waals surface area (Å²) in [5.41, 5.74) is 7.01. The number of nitrogens with one attached hydrogen (secondary N) is 2. The molecule has 27 heavy (non-hydrogen) atoms. The van der Waals surface area contributed by atoms with Crippen LogP contribution in [0.2, 0.25) is 0 Å². The van der Waals surface area contributed by atoms with Crippen LogP contribution in [0.5, 0.6) is 0 Å². The molecule has 3 atom stereocenters. The molecule has 1 heterocycles. The zero-order valence-corrected chi connectivity index (χ0v) is 16.0. The molecule has 1 fully saturated rings. The number of nitrogens with zero attached hydrogens (tertiary/aromatic N) is 1. The van der Waals surface area contributed by atoms with Crippen molar-refractivity contribution in [2.45, 2.75) is 45.1 Å². The Bertz CT molecular complexity index is 685. The predicted octanol–water partition coefficient (Wildman–Crippen LogP) is 0.788. The highest BCUT2D eigenvalue weighted by Gasteiger charge is 2.33. The molecule has 1 aromatic rings. The van der Waals surface area contributed by atoms with Crippen LogP contribution in [0.15, 0.2) is 12.3 Å². The fourth-order valence-corrected chi connectivity index (χ4v) is 3.74. The maximum Gasteiger partial charge on any atom is 0.306 e. The van der Waals surface area contributed by atoms with Crippen molar-refractivity contribution >= 4 is 17.8 Å². The number of rotatable bonds is 9. The van der Waals surface area contributed by atoms with E-state index in [4.69, 9.17) is 5.73 Å². The molecule has 1 aromatic heterocycles. The number of carbonyl (C=O) groups is 3. The number of aryl methyl sites for hydroxylation is 2. The topological polar surface area (TPSA) is 126 Å².